The summed E-state index contributed by atoms with van der Waals surface area (Å²) in [4.78, 5) is 48.3. The summed E-state index contributed by atoms with van der Waals surface area (Å²) < 4.78 is 38.9. The Bertz CT molecular complexity index is 2200. The van der Waals surface area contributed by atoms with Gasteiger partial charge in [-0.1, -0.05) is 74.0 Å². The molecule has 6 rings (SSSR count). The molecule has 1 atom stereocenters. The van der Waals surface area contributed by atoms with Crippen LogP contribution in [0.5, 0.6) is 0 Å². The van der Waals surface area contributed by atoms with Crippen molar-refractivity contribution in [2.45, 2.75) is 37.1 Å². The molecule has 1 aliphatic heterocycles. The van der Waals surface area contributed by atoms with Crippen LogP contribution in [0.15, 0.2) is 108 Å². The molecule has 1 aliphatic rings. The van der Waals surface area contributed by atoms with Gasteiger partial charge in [-0.3, -0.25) is 14.4 Å². The molecule has 0 bridgehead atoms. The van der Waals surface area contributed by atoms with E-state index in [1.54, 1.807) is 42.7 Å². The number of aliphatic carboxylic acids is 1. The van der Waals surface area contributed by atoms with Crippen molar-refractivity contribution < 1.29 is 32.3 Å². The average Bonchev–Trinajstić information content (AvgIpc) is 3.11. The molecule has 10 nitrogen and oxygen atoms in total. The standard InChI is InChI=1S/C40H37FN4O6S/c1-3-4-25-5-9-27(10-6-25)30-15-18-34(35(41)20-30)31-21-42-37(43-22-31)28-11-7-26(8-12-28)19-36(39(47)45-23-32(24-45)40(48)49)44-38(46)29-13-16-33(17-14-29)52(2,50)51/h5-18,20-22,32,36H,3-4,19,23-24H2,1-2H3,(H,44,46)(H,48,49)/t36-/m0/s1. The molecule has 12 heteroatoms. The molecule has 2 heterocycles. The number of nitrogens with zero attached hydrogens (tertiary/aromatic N) is 3. The predicted molar refractivity (Wildman–Crippen MR) is 195 cm³/mol. The summed E-state index contributed by atoms with van der Waals surface area (Å²) >= 11 is 0. The van der Waals surface area contributed by atoms with Crippen LogP contribution in [0.3, 0.4) is 0 Å². The van der Waals surface area contributed by atoms with Crippen molar-refractivity contribution in [2.75, 3.05) is 19.3 Å². The molecule has 266 valence electrons. The fourth-order valence-electron chi connectivity index (χ4n) is 6.05. The number of likely N-dealkylation sites (tertiary alicyclic amines) is 1. The number of sulfone groups is 1. The van der Waals surface area contributed by atoms with Gasteiger partial charge in [0.05, 0.1) is 10.8 Å². The van der Waals surface area contributed by atoms with Gasteiger partial charge in [-0.25, -0.2) is 22.8 Å². The van der Waals surface area contributed by atoms with Crippen molar-refractivity contribution in [1.82, 2.24) is 20.2 Å². The summed E-state index contributed by atoms with van der Waals surface area (Å²) in [5.74, 6) is -2.63. The largest absolute Gasteiger partial charge is 0.481 e. The zero-order valence-corrected chi connectivity index (χ0v) is 29.4. The molecule has 0 radical (unpaired) electrons. The Morgan fingerprint density at radius 2 is 1.44 bits per heavy atom. The van der Waals surface area contributed by atoms with Crippen molar-refractivity contribution in [2.24, 2.45) is 5.92 Å². The molecule has 5 aromatic rings. The van der Waals surface area contributed by atoms with Crippen molar-refractivity contribution in [3.8, 4) is 33.6 Å². The number of rotatable bonds is 12. The van der Waals surface area contributed by atoms with Crippen LogP contribution in [0.4, 0.5) is 4.39 Å². The highest BCUT2D eigenvalue weighted by atomic mass is 32.2. The number of amides is 2. The Morgan fingerprint density at radius 1 is 0.846 bits per heavy atom. The number of carboxylic acids is 1. The summed E-state index contributed by atoms with van der Waals surface area (Å²) in [6.45, 7) is 2.21. The number of nitrogens with one attached hydrogen (secondary N) is 1. The van der Waals surface area contributed by atoms with Gasteiger partial charge >= 0.3 is 5.97 Å². The Labute approximate surface area is 301 Å². The van der Waals surface area contributed by atoms with E-state index in [2.05, 4.69) is 34.3 Å². The first-order chi connectivity index (χ1) is 24.9. The Kier molecular flexibility index (Phi) is 10.6. The number of hydrogen-bond acceptors (Lipinski definition) is 7. The SMILES string of the molecule is CCCc1ccc(-c2ccc(-c3cnc(-c4ccc(C[C@H](NC(=O)c5ccc(S(C)(=O)=O)cc5)C(=O)N5CC(C(=O)O)C5)cc4)nc3)c(F)c2)cc1. The van der Waals surface area contributed by atoms with Crippen molar-refractivity contribution in [3.63, 3.8) is 0 Å². The Balaban J connectivity index is 1.15. The first kappa shape index (κ1) is 36.1. The minimum absolute atomic E-state index is 0.0385. The molecule has 1 saturated heterocycles. The second kappa shape index (κ2) is 15.2. The van der Waals surface area contributed by atoms with Crippen LogP contribution in [-0.2, 0) is 32.3 Å². The van der Waals surface area contributed by atoms with E-state index in [0.717, 1.165) is 30.2 Å². The van der Waals surface area contributed by atoms with Gasteiger partial charge in [-0.15, -0.1) is 0 Å². The maximum absolute atomic E-state index is 15.3. The lowest BCUT2D eigenvalue weighted by Crippen LogP contribution is -2.59. The molecule has 4 aromatic carbocycles. The zero-order chi connectivity index (χ0) is 37.0. The molecule has 1 aromatic heterocycles. The number of hydrogen-bond donors (Lipinski definition) is 2. The second-order valence-corrected chi connectivity index (χ2v) is 15.0. The van der Waals surface area contributed by atoms with Crippen LogP contribution in [-0.4, -0.2) is 71.6 Å². The van der Waals surface area contributed by atoms with Gasteiger partial charge in [0.1, 0.15) is 11.9 Å². The van der Waals surface area contributed by atoms with E-state index in [0.29, 0.717) is 28.1 Å². The number of carbonyl (C=O) groups is 3. The topological polar surface area (TPSA) is 147 Å². The van der Waals surface area contributed by atoms with E-state index >= 15 is 4.39 Å². The highest BCUT2D eigenvalue weighted by Crippen LogP contribution is 2.29. The maximum atomic E-state index is 15.3. The number of halogens is 1. The molecule has 2 N–H and O–H groups in total. The first-order valence-electron chi connectivity index (χ1n) is 16.8. The fourth-order valence-corrected chi connectivity index (χ4v) is 6.68. The molecule has 0 saturated carbocycles. The third-order valence-corrected chi connectivity index (χ3v) is 10.2. The van der Waals surface area contributed by atoms with Gasteiger partial charge in [0.2, 0.25) is 5.91 Å². The van der Waals surface area contributed by atoms with Crippen LogP contribution in [0.2, 0.25) is 0 Å². The highest BCUT2D eigenvalue weighted by molar-refractivity contribution is 7.90. The van der Waals surface area contributed by atoms with E-state index in [1.165, 1.54) is 40.8 Å². The minimum atomic E-state index is -3.46. The van der Waals surface area contributed by atoms with Crippen LogP contribution >= 0.6 is 0 Å². The molecular weight excluding hydrogens is 684 g/mol. The van der Waals surface area contributed by atoms with Crippen molar-refractivity contribution >= 4 is 27.6 Å². The molecule has 0 spiro atoms. The number of aromatic nitrogens is 2. The second-order valence-electron chi connectivity index (χ2n) is 12.9. The molecule has 1 fully saturated rings. The quantitative estimate of drug-likeness (QED) is 0.163. The number of carbonyl (C=O) groups excluding carboxylic acids is 2. The van der Waals surface area contributed by atoms with E-state index < -0.39 is 39.6 Å². The summed E-state index contributed by atoms with van der Waals surface area (Å²) in [6.07, 6.45) is 6.37. The number of aryl methyl sites for hydroxylation is 1. The number of carboxylic acid groups (broad SMARTS) is 1. The van der Waals surface area contributed by atoms with Gasteiger partial charge in [0.25, 0.3) is 5.91 Å². The predicted octanol–water partition coefficient (Wildman–Crippen LogP) is 5.86. The van der Waals surface area contributed by atoms with E-state index in [4.69, 9.17) is 0 Å². The fraction of sp³-hybridized carbons (Fsp3) is 0.225. The van der Waals surface area contributed by atoms with E-state index in [-0.39, 0.29) is 35.8 Å². The summed E-state index contributed by atoms with van der Waals surface area (Å²) in [5, 5.41) is 12.0. The van der Waals surface area contributed by atoms with Crippen LogP contribution in [0, 0.1) is 11.7 Å². The lowest BCUT2D eigenvalue weighted by atomic mass is 9.96. The van der Waals surface area contributed by atoms with Crippen molar-refractivity contribution in [3.05, 3.63) is 126 Å². The Morgan fingerprint density at radius 3 is 2.02 bits per heavy atom. The van der Waals surface area contributed by atoms with Gasteiger partial charge in [0, 0.05) is 60.4 Å². The van der Waals surface area contributed by atoms with Gasteiger partial charge < -0.3 is 15.3 Å². The molecule has 2 amide bonds. The normalized spacial score (nSPS) is 13.6. The van der Waals surface area contributed by atoms with Gasteiger partial charge in [0.15, 0.2) is 15.7 Å². The molecular formula is C40H37FN4O6S. The monoisotopic (exact) mass is 720 g/mol. The van der Waals surface area contributed by atoms with Crippen LogP contribution < -0.4 is 5.32 Å². The average molecular weight is 721 g/mol. The van der Waals surface area contributed by atoms with Gasteiger partial charge in [-0.2, -0.15) is 0 Å². The van der Waals surface area contributed by atoms with Crippen LogP contribution in [0.25, 0.3) is 33.6 Å². The third-order valence-electron chi connectivity index (χ3n) is 9.10. The third kappa shape index (κ3) is 8.24. The summed E-state index contributed by atoms with van der Waals surface area (Å²) in [5.41, 5.74) is 5.44. The molecule has 0 unspecified atom stereocenters. The smallest absolute Gasteiger partial charge is 0.310 e. The van der Waals surface area contributed by atoms with E-state index in [1.807, 2.05) is 18.2 Å². The van der Waals surface area contributed by atoms with Gasteiger partial charge in [-0.05, 0) is 59.0 Å². The van der Waals surface area contributed by atoms with Crippen LogP contribution in [0.1, 0.15) is 34.8 Å². The number of benzene rings is 4. The highest BCUT2D eigenvalue weighted by Gasteiger charge is 2.38. The maximum Gasteiger partial charge on any atom is 0.310 e. The summed E-state index contributed by atoms with van der Waals surface area (Å²) in [6, 6.07) is 24.7. The zero-order valence-electron chi connectivity index (χ0n) is 28.6. The lowest BCUT2D eigenvalue weighted by Gasteiger charge is -2.39. The molecule has 52 heavy (non-hydrogen) atoms. The van der Waals surface area contributed by atoms with Crippen molar-refractivity contribution in [1.29, 1.82) is 0 Å². The Hall–Kier alpha value is -5.75. The van der Waals surface area contributed by atoms with E-state index in [9.17, 15) is 27.9 Å². The summed E-state index contributed by atoms with van der Waals surface area (Å²) in [7, 11) is -3.46. The first-order valence-corrected chi connectivity index (χ1v) is 18.7. The lowest BCUT2D eigenvalue weighted by molar-refractivity contribution is -0.153. The minimum Gasteiger partial charge on any atom is -0.481 e. The molecule has 0 aliphatic carbocycles.